The molecule has 0 bridgehead atoms. The molecule has 2 aliphatic rings. The van der Waals surface area contributed by atoms with Crippen molar-refractivity contribution in [1.29, 1.82) is 0 Å². The van der Waals surface area contributed by atoms with Gasteiger partial charge in [-0.3, -0.25) is 4.90 Å². The fourth-order valence-electron chi connectivity index (χ4n) is 3.17. The lowest BCUT2D eigenvalue weighted by Crippen LogP contribution is -2.54. The first-order valence-corrected chi connectivity index (χ1v) is 7.19. The van der Waals surface area contributed by atoms with Gasteiger partial charge in [0.1, 0.15) is 0 Å². The number of hydrogen-bond donors (Lipinski definition) is 2. The molecule has 3 heteroatoms. The summed E-state index contributed by atoms with van der Waals surface area (Å²) in [5.41, 5.74) is 5.94. The van der Waals surface area contributed by atoms with Crippen LogP contribution >= 0.6 is 0 Å². The monoisotopic (exact) mass is 240 g/mol. The van der Waals surface area contributed by atoms with Crippen molar-refractivity contribution in [3.8, 4) is 0 Å². The van der Waals surface area contributed by atoms with Crippen molar-refractivity contribution >= 4 is 0 Å². The molecule has 2 unspecified atom stereocenters. The van der Waals surface area contributed by atoms with Crippen LogP contribution < -0.4 is 5.73 Å². The second kappa shape index (κ2) is 5.25. The molecule has 0 amide bonds. The number of aliphatic hydroxyl groups excluding tert-OH is 1. The van der Waals surface area contributed by atoms with Crippen molar-refractivity contribution in [3.63, 3.8) is 0 Å². The van der Waals surface area contributed by atoms with Crippen molar-refractivity contribution in [2.24, 2.45) is 11.7 Å². The summed E-state index contributed by atoms with van der Waals surface area (Å²) in [6.45, 7) is 5.95. The second-order valence-corrected chi connectivity index (χ2v) is 6.50. The largest absolute Gasteiger partial charge is 0.394 e. The first kappa shape index (κ1) is 13.3. The minimum Gasteiger partial charge on any atom is -0.394 e. The van der Waals surface area contributed by atoms with Gasteiger partial charge < -0.3 is 10.8 Å². The Morgan fingerprint density at radius 1 is 1.35 bits per heavy atom. The van der Waals surface area contributed by atoms with E-state index in [1.807, 2.05) is 0 Å². The predicted octanol–water partition coefficient (Wildman–Crippen LogP) is 1.74. The third-order valence-corrected chi connectivity index (χ3v) is 4.47. The molecule has 100 valence electrons. The van der Waals surface area contributed by atoms with Crippen LogP contribution in [0.4, 0.5) is 0 Å². The molecule has 0 saturated heterocycles. The minimum absolute atomic E-state index is 0.138. The maximum atomic E-state index is 9.44. The van der Waals surface area contributed by atoms with E-state index in [4.69, 9.17) is 5.73 Å². The van der Waals surface area contributed by atoms with E-state index in [2.05, 4.69) is 18.7 Å². The number of nitrogens with two attached hydrogens (primary N) is 1. The van der Waals surface area contributed by atoms with Gasteiger partial charge in [-0.2, -0.15) is 0 Å². The Balaban J connectivity index is 1.96. The number of rotatable bonds is 5. The number of aliphatic hydroxyl groups is 1. The first-order chi connectivity index (χ1) is 8.04. The Kier molecular flexibility index (Phi) is 4.11. The van der Waals surface area contributed by atoms with E-state index in [1.165, 1.54) is 25.8 Å². The molecular weight excluding hydrogens is 212 g/mol. The highest BCUT2D eigenvalue weighted by molar-refractivity contribution is 4.95. The van der Waals surface area contributed by atoms with Crippen molar-refractivity contribution in [2.75, 3.05) is 13.2 Å². The average molecular weight is 240 g/mol. The highest BCUT2D eigenvalue weighted by atomic mass is 16.3. The molecule has 0 radical (unpaired) electrons. The lowest BCUT2D eigenvalue weighted by molar-refractivity contribution is 0.0603. The molecular formula is C14H28N2O. The summed E-state index contributed by atoms with van der Waals surface area (Å²) in [4.78, 5) is 2.63. The first-order valence-electron chi connectivity index (χ1n) is 7.19. The Bertz CT molecular complexity index is 253. The van der Waals surface area contributed by atoms with Crippen LogP contribution in [0, 0.1) is 5.92 Å². The molecule has 2 rings (SSSR count). The molecule has 0 spiro atoms. The number of nitrogens with zero attached hydrogens (tertiary/aromatic N) is 1. The van der Waals surface area contributed by atoms with Gasteiger partial charge in [0.05, 0.1) is 6.61 Å². The van der Waals surface area contributed by atoms with E-state index in [1.54, 1.807) is 0 Å². The minimum atomic E-state index is -0.320. The van der Waals surface area contributed by atoms with E-state index in [9.17, 15) is 5.11 Å². The maximum Gasteiger partial charge on any atom is 0.0611 e. The van der Waals surface area contributed by atoms with Crippen LogP contribution in [-0.2, 0) is 0 Å². The average Bonchev–Trinajstić information content (AvgIpc) is 3.09. The summed E-state index contributed by atoms with van der Waals surface area (Å²) in [5, 5.41) is 9.44. The van der Waals surface area contributed by atoms with Gasteiger partial charge in [0.25, 0.3) is 0 Å². The fraction of sp³-hybridized carbons (Fsp3) is 1.00. The smallest absolute Gasteiger partial charge is 0.0611 e. The summed E-state index contributed by atoms with van der Waals surface area (Å²) in [6.07, 6.45) is 7.18. The summed E-state index contributed by atoms with van der Waals surface area (Å²) in [7, 11) is 0. The zero-order valence-corrected chi connectivity index (χ0v) is 11.4. The fourth-order valence-corrected chi connectivity index (χ4v) is 3.17. The third kappa shape index (κ3) is 3.43. The lowest BCUT2D eigenvalue weighted by atomic mass is 9.79. The van der Waals surface area contributed by atoms with Gasteiger partial charge in [0.2, 0.25) is 0 Å². The maximum absolute atomic E-state index is 9.44. The van der Waals surface area contributed by atoms with E-state index in [-0.39, 0.29) is 12.1 Å². The van der Waals surface area contributed by atoms with Crippen LogP contribution in [0.25, 0.3) is 0 Å². The van der Waals surface area contributed by atoms with Crippen LogP contribution in [0.1, 0.15) is 52.4 Å². The standard InChI is InChI=1S/C14H28N2O/c1-11(2)16(9-12-5-6-12)13-4-3-7-14(15,8-13)10-17/h11-13,17H,3-10,15H2,1-2H3. The molecule has 3 N–H and O–H groups in total. The molecule has 0 aromatic rings. The zero-order chi connectivity index (χ0) is 12.5. The summed E-state index contributed by atoms with van der Waals surface area (Å²) >= 11 is 0. The zero-order valence-electron chi connectivity index (χ0n) is 11.4. The lowest BCUT2D eigenvalue weighted by Gasteiger charge is -2.43. The highest BCUT2D eigenvalue weighted by Crippen LogP contribution is 2.35. The van der Waals surface area contributed by atoms with Crippen LogP contribution in [-0.4, -0.2) is 40.8 Å². The highest BCUT2D eigenvalue weighted by Gasteiger charge is 2.37. The third-order valence-electron chi connectivity index (χ3n) is 4.47. The molecule has 2 fully saturated rings. The van der Waals surface area contributed by atoms with Gasteiger partial charge in [-0.1, -0.05) is 0 Å². The van der Waals surface area contributed by atoms with E-state index < -0.39 is 0 Å². The SMILES string of the molecule is CC(C)N(CC1CC1)C1CCCC(N)(CO)C1. The normalized spacial score (nSPS) is 34.6. The van der Waals surface area contributed by atoms with Gasteiger partial charge in [0, 0.05) is 24.2 Å². The molecule has 2 aliphatic carbocycles. The molecule has 0 heterocycles. The van der Waals surface area contributed by atoms with Crippen LogP contribution in [0.2, 0.25) is 0 Å². The molecule has 0 aromatic carbocycles. The van der Waals surface area contributed by atoms with Gasteiger partial charge >= 0.3 is 0 Å². The van der Waals surface area contributed by atoms with Crippen LogP contribution in [0.3, 0.4) is 0 Å². The Morgan fingerprint density at radius 3 is 2.59 bits per heavy atom. The van der Waals surface area contributed by atoms with Crippen LogP contribution in [0.15, 0.2) is 0 Å². The molecule has 0 aliphatic heterocycles. The number of hydrogen-bond acceptors (Lipinski definition) is 3. The molecule has 2 saturated carbocycles. The van der Waals surface area contributed by atoms with Crippen molar-refractivity contribution in [2.45, 2.75) is 70.0 Å². The van der Waals surface area contributed by atoms with E-state index in [0.29, 0.717) is 12.1 Å². The molecule has 0 aromatic heterocycles. The predicted molar refractivity (Wildman–Crippen MR) is 70.8 cm³/mol. The van der Waals surface area contributed by atoms with Crippen molar-refractivity contribution in [3.05, 3.63) is 0 Å². The van der Waals surface area contributed by atoms with Crippen molar-refractivity contribution in [1.82, 2.24) is 4.90 Å². The topological polar surface area (TPSA) is 49.5 Å². The molecule has 3 nitrogen and oxygen atoms in total. The van der Waals surface area contributed by atoms with E-state index >= 15 is 0 Å². The van der Waals surface area contributed by atoms with Gasteiger partial charge in [-0.05, 0) is 58.3 Å². The van der Waals surface area contributed by atoms with Gasteiger partial charge in [-0.15, -0.1) is 0 Å². The molecule has 17 heavy (non-hydrogen) atoms. The van der Waals surface area contributed by atoms with Gasteiger partial charge in [0.15, 0.2) is 0 Å². The summed E-state index contributed by atoms with van der Waals surface area (Å²) in [6, 6.07) is 1.18. The van der Waals surface area contributed by atoms with Crippen LogP contribution in [0.5, 0.6) is 0 Å². The quantitative estimate of drug-likeness (QED) is 0.769. The Morgan fingerprint density at radius 2 is 2.06 bits per heavy atom. The Labute approximate surface area is 105 Å². The van der Waals surface area contributed by atoms with Gasteiger partial charge in [-0.25, -0.2) is 0 Å². The molecule has 2 atom stereocenters. The van der Waals surface area contributed by atoms with Crippen molar-refractivity contribution < 1.29 is 5.11 Å². The Hall–Kier alpha value is -0.120. The summed E-state index contributed by atoms with van der Waals surface area (Å²) in [5.74, 6) is 0.931. The summed E-state index contributed by atoms with van der Waals surface area (Å²) < 4.78 is 0. The van der Waals surface area contributed by atoms with E-state index in [0.717, 1.165) is 25.2 Å². The second-order valence-electron chi connectivity index (χ2n) is 6.50.